The Kier molecular flexibility index (Phi) is 23.5. The van der Waals surface area contributed by atoms with Crippen molar-refractivity contribution < 1.29 is 15.6 Å². The molecule has 128 valence electrons. The van der Waals surface area contributed by atoms with Crippen molar-refractivity contribution in [3.05, 3.63) is 0 Å². The third-order valence-corrected chi connectivity index (χ3v) is 3.59. The first kappa shape index (κ1) is 22.7. The zero-order valence-corrected chi connectivity index (χ0v) is 14.6. The highest BCUT2D eigenvalue weighted by atomic mass is 16.4. The van der Waals surface area contributed by atoms with Gasteiger partial charge in [-0.15, -0.1) is 0 Å². The van der Waals surface area contributed by atoms with E-state index in [0.717, 1.165) is 19.4 Å². The molecule has 0 spiro atoms. The van der Waals surface area contributed by atoms with Crippen LogP contribution in [0.5, 0.6) is 0 Å². The first-order valence-corrected chi connectivity index (χ1v) is 9.18. The predicted molar refractivity (Wildman–Crippen MR) is 88.7 cm³/mol. The molecule has 0 aromatic carbocycles. The smallest absolute Gasteiger partial charge is 0.0739 e. The zero-order valence-electron chi connectivity index (χ0n) is 14.6. The molecular weight excluding hydrogens is 262 g/mol. The Hall–Kier alpha value is -0.570. The van der Waals surface area contributed by atoms with Gasteiger partial charge in [0.25, 0.3) is 0 Å². The highest BCUT2D eigenvalue weighted by Gasteiger charge is 1.90. The molecule has 0 amide bonds. The number of aliphatic carboxylic acids is 1. The van der Waals surface area contributed by atoms with E-state index in [1.807, 2.05) is 0 Å². The van der Waals surface area contributed by atoms with Crippen molar-refractivity contribution in [1.29, 1.82) is 0 Å². The van der Waals surface area contributed by atoms with Crippen LogP contribution in [-0.2, 0) is 4.79 Å². The molecule has 3 heteroatoms. The van der Waals surface area contributed by atoms with Crippen molar-refractivity contribution >= 4 is 5.97 Å². The number of hydrogen-bond acceptors (Lipinski definition) is 2. The van der Waals surface area contributed by atoms with E-state index in [1.54, 1.807) is 0 Å². The third-order valence-electron chi connectivity index (χ3n) is 3.59. The average Bonchev–Trinajstić information content (AvgIpc) is 2.47. The molecule has 0 saturated heterocycles. The fourth-order valence-electron chi connectivity index (χ4n) is 2.18. The van der Waals surface area contributed by atoms with Crippen LogP contribution >= 0.6 is 0 Å². The zero-order chi connectivity index (χ0) is 16.2. The summed E-state index contributed by atoms with van der Waals surface area (Å²) in [7, 11) is 0. The van der Waals surface area contributed by atoms with E-state index in [9.17, 15) is 9.90 Å². The van der Waals surface area contributed by atoms with Crippen LogP contribution in [0, 0.1) is 0 Å². The van der Waals surface area contributed by atoms with Crippen LogP contribution in [-0.4, -0.2) is 12.5 Å². The molecule has 3 N–H and O–H groups in total. The van der Waals surface area contributed by atoms with Crippen LogP contribution in [0.15, 0.2) is 0 Å². The fraction of sp³-hybridized carbons (Fsp3) is 0.944. The van der Waals surface area contributed by atoms with Crippen LogP contribution in [0.1, 0.15) is 104 Å². The summed E-state index contributed by atoms with van der Waals surface area (Å²) in [4.78, 5) is 10.0. The second kappa shape index (κ2) is 21.7. The first-order chi connectivity index (χ1) is 10.2. The first-order valence-electron chi connectivity index (χ1n) is 9.18. The number of rotatable bonds is 14. The van der Waals surface area contributed by atoms with Gasteiger partial charge in [0.15, 0.2) is 0 Å². The normalized spacial score (nSPS) is 10.0. The molecule has 0 radical (unpaired) electrons. The number of hydrogen-bond donors (Lipinski definition) is 1. The van der Waals surface area contributed by atoms with E-state index in [2.05, 4.69) is 19.6 Å². The van der Waals surface area contributed by atoms with Crippen LogP contribution in [0.2, 0.25) is 0 Å². The molecule has 0 aromatic rings. The lowest BCUT2D eigenvalue weighted by Crippen LogP contribution is -2.50. The van der Waals surface area contributed by atoms with Crippen molar-refractivity contribution in [1.82, 2.24) is 0 Å². The standard InChI is InChI=1S/C10H20O2.C8H19N/c1-2-3-4-5-6-7-8-9-10(11)12;1-2-3-4-5-6-7-8-9/h2-9H2,1H3,(H,11,12);2-9H2,1H3. The Labute approximate surface area is 132 Å². The molecular formula is C18H39NO2. The number of carbonyl (C=O) groups excluding carboxylic acids is 1. The summed E-state index contributed by atoms with van der Waals surface area (Å²) in [5.74, 6) is -0.913. The van der Waals surface area contributed by atoms with Gasteiger partial charge in [0, 0.05) is 5.97 Å². The fourth-order valence-corrected chi connectivity index (χ4v) is 2.18. The van der Waals surface area contributed by atoms with Gasteiger partial charge in [-0.25, -0.2) is 0 Å². The van der Waals surface area contributed by atoms with Gasteiger partial charge in [-0.05, 0) is 25.7 Å². The van der Waals surface area contributed by atoms with E-state index in [0.29, 0.717) is 0 Å². The van der Waals surface area contributed by atoms with Crippen molar-refractivity contribution in [2.45, 2.75) is 104 Å². The highest BCUT2D eigenvalue weighted by molar-refractivity contribution is 5.63. The summed E-state index contributed by atoms with van der Waals surface area (Å²) in [5.41, 5.74) is 3.80. The lowest BCUT2D eigenvalue weighted by molar-refractivity contribution is -0.368. The van der Waals surface area contributed by atoms with Gasteiger partial charge in [0.1, 0.15) is 0 Å². The molecule has 0 saturated carbocycles. The second-order valence-corrected chi connectivity index (χ2v) is 5.86. The van der Waals surface area contributed by atoms with Crippen LogP contribution in [0.4, 0.5) is 0 Å². The van der Waals surface area contributed by atoms with Crippen molar-refractivity contribution in [2.24, 2.45) is 0 Å². The van der Waals surface area contributed by atoms with Crippen molar-refractivity contribution in [3.63, 3.8) is 0 Å². The number of carboxylic acid groups (broad SMARTS) is 1. The monoisotopic (exact) mass is 301 g/mol. The molecule has 0 aromatic heterocycles. The van der Waals surface area contributed by atoms with Gasteiger partial charge in [0.05, 0.1) is 6.54 Å². The number of carbonyl (C=O) groups is 1. The molecule has 3 nitrogen and oxygen atoms in total. The van der Waals surface area contributed by atoms with E-state index in [4.69, 9.17) is 0 Å². The minimum absolute atomic E-state index is 0.230. The largest absolute Gasteiger partial charge is 0.550 e. The Morgan fingerprint density at radius 2 is 1.10 bits per heavy atom. The molecule has 0 rings (SSSR count). The van der Waals surface area contributed by atoms with E-state index in [1.165, 1.54) is 70.6 Å². The summed E-state index contributed by atoms with van der Waals surface area (Å²) >= 11 is 0. The van der Waals surface area contributed by atoms with Gasteiger partial charge in [-0.2, -0.15) is 0 Å². The summed E-state index contributed by atoms with van der Waals surface area (Å²) < 4.78 is 0. The van der Waals surface area contributed by atoms with Gasteiger partial charge in [-0.3, -0.25) is 0 Å². The maximum absolute atomic E-state index is 10.0. The highest BCUT2D eigenvalue weighted by Crippen LogP contribution is 2.07. The minimum Gasteiger partial charge on any atom is -0.550 e. The molecule has 0 bridgehead atoms. The van der Waals surface area contributed by atoms with Gasteiger partial charge >= 0.3 is 0 Å². The predicted octanol–water partition coefficient (Wildman–Crippen LogP) is 3.47. The second-order valence-electron chi connectivity index (χ2n) is 5.86. The molecule has 21 heavy (non-hydrogen) atoms. The van der Waals surface area contributed by atoms with Crippen LogP contribution < -0.4 is 10.8 Å². The Bertz CT molecular complexity index is 190. The lowest BCUT2D eigenvalue weighted by atomic mass is 10.1. The molecule has 0 aliphatic rings. The summed E-state index contributed by atoms with van der Waals surface area (Å²) in [6, 6.07) is 0. The summed E-state index contributed by atoms with van der Waals surface area (Å²) in [5, 5.41) is 10.0. The third kappa shape index (κ3) is 28.3. The van der Waals surface area contributed by atoms with E-state index < -0.39 is 5.97 Å². The van der Waals surface area contributed by atoms with E-state index in [-0.39, 0.29) is 6.42 Å². The van der Waals surface area contributed by atoms with E-state index >= 15 is 0 Å². The molecule has 0 heterocycles. The average molecular weight is 302 g/mol. The molecule has 0 aliphatic carbocycles. The SMILES string of the molecule is CCCCCCCCCC(=O)[O-].CCCCCCCC[NH3+]. The maximum Gasteiger partial charge on any atom is 0.0739 e. The molecule has 0 aliphatic heterocycles. The maximum atomic E-state index is 10.0. The van der Waals surface area contributed by atoms with Gasteiger partial charge in [0.2, 0.25) is 0 Å². The quantitative estimate of drug-likeness (QED) is 0.499. The number of carboxylic acids is 1. The van der Waals surface area contributed by atoms with Gasteiger partial charge in [-0.1, -0.05) is 78.1 Å². The summed E-state index contributed by atoms with van der Waals surface area (Å²) in [6.45, 7) is 5.56. The number of unbranched alkanes of at least 4 members (excludes halogenated alkanes) is 11. The van der Waals surface area contributed by atoms with Crippen LogP contribution in [0.25, 0.3) is 0 Å². The Morgan fingerprint density at radius 3 is 1.48 bits per heavy atom. The minimum atomic E-state index is -0.913. The topological polar surface area (TPSA) is 67.8 Å². The van der Waals surface area contributed by atoms with Crippen molar-refractivity contribution in [3.8, 4) is 0 Å². The lowest BCUT2D eigenvalue weighted by Gasteiger charge is -2.01. The van der Waals surface area contributed by atoms with Crippen molar-refractivity contribution in [2.75, 3.05) is 6.54 Å². The molecule has 0 atom stereocenters. The van der Waals surface area contributed by atoms with Crippen LogP contribution in [0.3, 0.4) is 0 Å². The Balaban J connectivity index is 0. The number of quaternary nitrogens is 1. The Morgan fingerprint density at radius 1 is 0.714 bits per heavy atom. The summed E-state index contributed by atoms with van der Waals surface area (Å²) in [6.07, 6.45) is 16.7. The molecule has 0 unspecified atom stereocenters. The van der Waals surface area contributed by atoms with Gasteiger partial charge < -0.3 is 15.6 Å². The molecule has 0 fully saturated rings.